The third kappa shape index (κ3) is 4.33. The molecule has 0 saturated carbocycles. The molecule has 26 heavy (non-hydrogen) atoms. The number of aromatic nitrogens is 2. The van der Waals surface area contributed by atoms with Gasteiger partial charge in [0, 0.05) is 23.5 Å². The normalized spacial score (nSPS) is 18.9. The Morgan fingerprint density at radius 3 is 2.62 bits per heavy atom. The number of aryl methyl sites for hydroxylation is 2. The summed E-state index contributed by atoms with van der Waals surface area (Å²) >= 11 is 0. The van der Waals surface area contributed by atoms with Gasteiger partial charge in [-0.1, -0.05) is 32.0 Å². The van der Waals surface area contributed by atoms with Crippen LogP contribution in [-0.2, 0) is 9.84 Å². The Labute approximate surface area is 155 Å². The molecule has 1 unspecified atom stereocenters. The van der Waals surface area contributed by atoms with E-state index in [-0.39, 0.29) is 17.5 Å². The fourth-order valence-electron chi connectivity index (χ4n) is 3.27. The molecule has 6 nitrogen and oxygen atoms in total. The number of hydrogen-bond acceptors (Lipinski definition) is 6. The standard InChI is InChI=1S/C19H26N4O2S/c1-12(2)16-7-5-6-13(3)18(16)23-19-20-14(4)10-17(22-19)21-15-8-9-26(24,25)11-15/h5-7,10,12,15H,8-9,11H2,1-4H3,(H2,20,21,22,23). The predicted octanol–water partition coefficient (Wildman–Crippen LogP) is 3.56. The first kappa shape index (κ1) is 18.6. The third-order valence-corrected chi connectivity index (χ3v) is 6.37. The Kier molecular flexibility index (Phi) is 5.18. The topological polar surface area (TPSA) is 84.0 Å². The van der Waals surface area contributed by atoms with Crippen LogP contribution < -0.4 is 10.6 Å². The average molecular weight is 375 g/mol. The molecule has 0 radical (unpaired) electrons. The molecule has 1 atom stereocenters. The van der Waals surface area contributed by atoms with Gasteiger partial charge in [0.15, 0.2) is 9.84 Å². The van der Waals surface area contributed by atoms with Crippen molar-refractivity contribution in [3.8, 4) is 0 Å². The number of para-hydroxylation sites is 1. The zero-order chi connectivity index (χ0) is 18.9. The van der Waals surface area contributed by atoms with Crippen LogP contribution in [0, 0.1) is 13.8 Å². The molecule has 1 aliphatic heterocycles. The van der Waals surface area contributed by atoms with Crippen molar-refractivity contribution in [3.05, 3.63) is 41.1 Å². The smallest absolute Gasteiger partial charge is 0.229 e. The highest BCUT2D eigenvalue weighted by Gasteiger charge is 2.28. The quantitative estimate of drug-likeness (QED) is 0.832. The summed E-state index contributed by atoms with van der Waals surface area (Å²) in [5.74, 6) is 1.95. The van der Waals surface area contributed by atoms with E-state index in [4.69, 9.17) is 0 Å². The molecule has 1 aromatic carbocycles. The van der Waals surface area contributed by atoms with Crippen LogP contribution in [0.1, 0.15) is 43.0 Å². The zero-order valence-corrected chi connectivity index (χ0v) is 16.5. The summed E-state index contributed by atoms with van der Waals surface area (Å²) in [6.07, 6.45) is 0.615. The molecule has 3 rings (SSSR count). The van der Waals surface area contributed by atoms with Gasteiger partial charge in [-0.3, -0.25) is 0 Å². The summed E-state index contributed by atoms with van der Waals surface area (Å²) in [5, 5.41) is 6.61. The molecule has 7 heteroatoms. The van der Waals surface area contributed by atoms with Gasteiger partial charge in [-0.05, 0) is 37.3 Å². The first-order chi connectivity index (χ1) is 12.2. The van der Waals surface area contributed by atoms with Gasteiger partial charge in [0.05, 0.1) is 11.5 Å². The van der Waals surface area contributed by atoms with Crippen molar-refractivity contribution in [1.82, 2.24) is 9.97 Å². The minimum absolute atomic E-state index is 0.0909. The summed E-state index contributed by atoms with van der Waals surface area (Å²) in [7, 11) is -2.93. The average Bonchev–Trinajstić information content (AvgIpc) is 2.87. The Morgan fingerprint density at radius 2 is 1.96 bits per heavy atom. The van der Waals surface area contributed by atoms with Crippen molar-refractivity contribution in [2.24, 2.45) is 0 Å². The number of anilines is 3. The maximum Gasteiger partial charge on any atom is 0.229 e. The SMILES string of the molecule is Cc1cc(NC2CCS(=O)(=O)C2)nc(Nc2c(C)cccc2C(C)C)n1. The van der Waals surface area contributed by atoms with E-state index in [0.29, 0.717) is 24.1 Å². The maximum atomic E-state index is 11.7. The van der Waals surface area contributed by atoms with Crippen LogP contribution in [0.3, 0.4) is 0 Å². The first-order valence-electron chi connectivity index (χ1n) is 8.93. The first-order valence-corrected chi connectivity index (χ1v) is 10.7. The summed E-state index contributed by atoms with van der Waals surface area (Å²) in [4.78, 5) is 9.05. The highest BCUT2D eigenvalue weighted by atomic mass is 32.2. The molecule has 0 spiro atoms. The van der Waals surface area contributed by atoms with Crippen LogP contribution in [0.4, 0.5) is 17.5 Å². The lowest BCUT2D eigenvalue weighted by atomic mass is 9.98. The van der Waals surface area contributed by atoms with E-state index in [1.54, 1.807) is 0 Å². The van der Waals surface area contributed by atoms with Crippen molar-refractivity contribution < 1.29 is 8.42 Å². The highest BCUT2D eigenvalue weighted by Crippen LogP contribution is 2.29. The Hall–Kier alpha value is -2.15. The van der Waals surface area contributed by atoms with E-state index in [1.807, 2.05) is 13.0 Å². The number of sulfone groups is 1. The molecule has 1 aromatic heterocycles. The van der Waals surface area contributed by atoms with E-state index < -0.39 is 9.84 Å². The Bertz CT molecular complexity index is 910. The van der Waals surface area contributed by atoms with Crippen LogP contribution in [0.25, 0.3) is 0 Å². The van der Waals surface area contributed by atoms with E-state index in [1.165, 1.54) is 5.56 Å². The van der Waals surface area contributed by atoms with Crippen LogP contribution >= 0.6 is 0 Å². The monoisotopic (exact) mass is 374 g/mol. The van der Waals surface area contributed by atoms with Gasteiger partial charge < -0.3 is 10.6 Å². The van der Waals surface area contributed by atoms with Crippen molar-refractivity contribution in [3.63, 3.8) is 0 Å². The van der Waals surface area contributed by atoms with E-state index >= 15 is 0 Å². The van der Waals surface area contributed by atoms with Crippen molar-refractivity contribution in [1.29, 1.82) is 0 Å². The number of nitrogens with zero attached hydrogens (tertiary/aromatic N) is 2. The van der Waals surface area contributed by atoms with E-state index in [2.05, 4.69) is 59.6 Å². The van der Waals surface area contributed by atoms with Gasteiger partial charge in [0.25, 0.3) is 0 Å². The van der Waals surface area contributed by atoms with Crippen molar-refractivity contribution in [2.75, 3.05) is 22.1 Å². The summed E-state index contributed by atoms with van der Waals surface area (Å²) in [5.41, 5.74) is 4.21. The van der Waals surface area contributed by atoms with Gasteiger partial charge in [0.1, 0.15) is 5.82 Å². The predicted molar refractivity (Wildman–Crippen MR) is 106 cm³/mol. The lowest BCUT2D eigenvalue weighted by Gasteiger charge is -2.18. The second kappa shape index (κ2) is 7.23. The van der Waals surface area contributed by atoms with Crippen LogP contribution in [0.5, 0.6) is 0 Å². The molecule has 2 heterocycles. The fraction of sp³-hybridized carbons (Fsp3) is 0.474. The molecule has 140 valence electrons. The molecule has 0 aliphatic carbocycles. The van der Waals surface area contributed by atoms with Crippen LogP contribution in [0.2, 0.25) is 0 Å². The third-order valence-electron chi connectivity index (χ3n) is 4.60. The highest BCUT2D eigenvalue weighted by molar-refractivity contribution is 7.91. The molecular formula is C19H26N4O2S. The Balaban J connectivity index is 1.85. The number of rotatable bonds is 5. The van der Waals surface area contributed by atoms with Crippen LogP contribution in [-0.4, -0.2) is 35.9 Å². The summed E-state index contributed by atoms with van der Waals surface area (Å²) in [6.45, 7) is 8.28. The number of hydrogen-bond donors (Lipinski definition) is 2. The Morgan fingerprint density at radius 1 is 1.19 bits per heavy atom. The number of nitrogens with one attached hydrogen (secondary N) is 2. The molecule has 1 saturated heterocycles. The van der Waals surface area contributed by atoms with Gasteiger partial charge in [-0.2, -0.15) is 4.98 Å². The van der Waals surface area contributed by atoms with Crippen LogP contribution in [0.15, 0.2) is 24.3 Å². The zero-order valence-electron chi connectivity index (χ0n) is 15.7. The molecule has 1 fully saturated rings. The van der Waals surface area contributed by atoms with Gasteiger partial charge >= 0.3 is 0 Å². The van der Waals surface area contributed by atoms with Crippen molar-refractivity contribution in [2.45, 2.75) is 46.1 Å². The summed E-state index contributed by atoms with van der Waals surface area (Å²) < 4.78 is 23.3. The van der Waals surface area contributed by atoms with Gasteiger partial charge in [-0.25, -0.2) is 13.4 Å². The second-order valence-corrected chi connectivity index (χ2v) is 9.51. The molecule has 0 bridgehead atoms. The molecule has 0 amide bonds. The minimum Gasteiger partial charge on any atom is -0.366 e. The van der Waals surface area contributed by atoms with Gasteiger partial charge in [0.2, 0.25) is 5.95 Å². The lowest BCUT2D eigenvalue weighted by Crippen LogP contribution is -2.21. The van der Waals surface area contributed by atoms with E-state index in [0.717, 1.165) is 16.9 Å². The largest absolute Gasteiger partial charge is 0.366 e. The molecule has 2 N–H and O–H groups in total. The molecular weight excluding hydrogens is 348 g/mol. The van der Waals surface area contributed by atoms with E-state index in [9.17, 15) is 8.42 Å². The maximum absolute atomic E-state index is 11.7. The van der Waals surface area contributed by atoms with Crippen molar-refractivity contribution >= 4 is 27.3 Å². The number of benzene rings is 1. The fourth-order valence-corrected chi connectivity index (χ4v) is 4.94. The lowest BCUT2D eigenvalue weighted by molar-refractivity contribution is 0.602. The minimum atomic E-state index is -2.93. The summed E-state index contributed by atoms with van der Waals surface area (Å²) in [6, 6.07) is 7.98. The second-order valence-electron chi connectivity index (χ2n) is 7.28. The molecule has 1 aliphatic rings. The van der Waals surface area contributed by atoms with Gasteiger partial charge in [-0.15, -0.1) is 0 Å². The molecule has 2 aromatic rings.